The Hall–Kier alpha value is -2.83. The highest BCUT2D eigenvalue weighted by molar-refractivity contribution is 5.77. The number of benzene rings is 1. The third-order valence-corrected chi connectivity index (χ3v) is 3.19. The van der Waals surface area contributed by atoms with E-state index in [1.165, 1.54) is 17.3 Å². The Morgan fingerprint density at radius 2 is 2.00 bits per heavy atom. The van der Waals surface area contributed by atoms with Gasteiger partial charge in [-0.2, -0.15) is 14.5 Å². The highest BCUT2D eigenvalue weighted by Crippen LogP contribution is 2.14. The van der Waals surface area contributed by atoms with Crippen molar-refractivity contribution in [2.24, 2.45) is 0 Å². The molecule has 0 radical (unpaired) electrons. The van der Waals surface area contributed by atoms with Gasteiger partial charge in [-0.05, 0) is 5.56 Å². The minimum Gasteiger partial charge on any atom is -0.243 e. The Kier molecular flexibility index (Phi) is 3.78. The van der Waals surface area contributed by atoms with E-state index in [0.29, 0.717) is 18.1 Å². The van der Waals surface area contributed by atoms with Crippen molar-refractivity contribution >= 4 is 6.03 Å². The summed E-state index contributed by atoms with van der Waals surface area (Å²) >= 11 is 0. The lowest BCUT2D eigenvalue weighted by atomic mass is 10.1. The number of aromatic nitrogens is 6. The average molecular weight is 296 g/mol. The number of carbonyl (C=O) groups excluding carboxylic acids is 1. The molecule has 0 atom stereocenters. The lowest BCUT2D eigenvalue weighted by Gasteiger charge is -2.05. The zero-order chi connectivity index (χ0) is 15.5. The second-order valence-corrected chi connectivity index (χ2v) is 5.24. The molecule has 112 valence electrons. The summed E-state index contributed by atoms with van der Waals surface area (Å²) in [5.41, 5.74) is 1.10. The molecular formula is C15H16N6O. The van der Waals surface area contributed by atoms with Gasteiger partial charge < -0.3 is 0 Å². The molecule has 22 heavy (non-hydrogen) atoms. The van der Waals surface area contributed by atoms with Gasteiger partial charge in [0.25, 0.3) is 0 Å². The standard InChI is InChI=1S/C15H16N6O/c1-11(2)14-18-13(8-12-6-4-3-5-7-12)19-21(14)15(22)20-10-16-9-17-20/h3-7,9-11H,8H2,1-2H3. The zero-order valence-electron chi connectivity index (χ0n) is 12.4. The molecule has 2 heterocycles. The van der Waals surface area contributed by atoms with Gasteiger partial charge in [0.05, 0.1) is 0 Å². The van der Waals surface area contributed by atoms with E-state index in [2.05, 4.69) is 20.2 Å². The van der Waals surface area contributed by atoms with Gasteiger partial charge in [-0.15, -0.1) is 5.10 Å². The summed E-state index contributed by atoms with van der Waals surface area (Å²) in [6, 6.07) is 9.53. The molecule has 0 aliphatic rings. The quantitative estimate of drug-likeness (QED) is 0.739. The first-order chi connectivity index (χ1) is 10.6. The van der Waals surface area contributed by atoms with Crippen LogP contribution in [-0.4, -0.2) is 35.6 Å². The monoisotopic (exact) mass is 296 g/mol. The van der Waals surface area contributed by atoms with Gasteiger partial charge in [0.1, 0.15) is 18.5 Å². The predicted octanol–water partition coefficient (Wildman–Crippen LogP) is 2.10. The topological polar surface area (TPSA) is 78.5 Å². The fourth-order valence-corrected chi connectivity index (χ4v) is 2.14. The van der Waals surface area contributed by atoms with Crippen LogP contribution in [0.4, 0.5) is 4.79 Å². The van der Waals surface area contributed by atoms with Crippen molar-refractivity contribution in [1.82, 2.24) is 29.5 Å². The van der Waals surface area contributed by atoms with Crippen molar-refractivity contribution in [3.8, 4) is 0 Å². The molecule has 0 amide bonds. The van der Waals surface area contributed by atoms with Crippen LogP contribution >= 0.6 is 0 Å². The van der Waals surface area contributed by atoms with Crippen molar-refractivity contribution in [3.63, 3.8) is 0 Å². The van der Waals surface area contributed by atoms with Crippen LogP contribution in [0.2, 0.25) is 0 Å². The van der Waals surface area contributed by atoms with Gasteiger partial charge in [-0.3, -0.25) is 0 Å². The SMILES string of the molecule is CC(C)c1nc(Cc2ccccc2)nn1C(=O)n1cncn1. The first kappa shape index (κ1) is 14.1. The predicted molar refractivity (Wildman–Crippen MR) is 79.6 cm³/mol. The molecule has 0 unspecified atom stereocenters. The molecule has 0 bridgehead atoms. The maximum atomic E-state index is 12.4. The molecule has 0 aliphatic heterocycles. The summed E-state index contributed by atoms with van der Waals surface area (Å²) in [6.45, 7) is 3.95. The van der Waals surface area contributed by atoms with E-state index in [1.54, 1.807) is 0 Å². The number of hydrogen-bond donors (Lipinski definition) is 0. The summed E-state index contributed by atoms with van der Waals surface area (Å²) in [7, 11) is 0. The molecule has 7 heteroatoms. The van der Waals surface area contributed by atoms with Gasteiger partial charge in [0.15, 0.2) is 5.82 Å². The van der Waals surface area contributed by atoms with E-state index >= 15 is 0 Å². The Morgan fingerprint density at radius 1 is 1.23 bits per heavy atom. The molecule has 7 nitrogen and oxygen atoms in total. The van der Waals surface area contributed by atoms with E-state index in [4.69, 9.17) is 0 Å². The Labute approximate surface area is 127 Å². The van der Waals surface area contributed by atoms with Crippen LogP contribution in [0.15, 0.2) is 43.0 Å². The van der Waals surface area contributed by atoms with Crippen molar-refractivity contribution in [3.05, 3.63) is 60.2 Å². The van der Waals surface area contributed by atoms with E-state index in [1.807, 2.05) is 44.2 Å². The number of hydrogen-bond acceptors (Lipinski definition) is 5. The number of carbonyl (C=O) groups is 1. The summed E-state index contributed by atoms with van der Waals surface area (Å²) in [6.07, 6.45) is 3.25. The second kappa shape index (κ2) is 5.88. The Balaban J connectivity index is 1.94. The van der Waals surface area contributed by atoms with Crippen LogP contribution in [-0.2, 0) is 6.42 Å². The summed E-state index contributed by atoms with van der Waals surface area (Å²) in [5.74, 6) is 1.30. The normalized spacial score (nSPS) is 11.0. The fraction of sp³-hybridized carbons (Fsp3) is 0.267. The molecule has 0 saturated carbocycles. The minimum absolute atomic E-state index is 0.0736. The highest BCUT2D eigenvalue weighted by Gasteiger charge is 2.20. The van der Waals surface area contributed by atoms with E-state index in [-0.39, 0.29) is 11.9 Å². The molecule has 0 fully saturated rings. The van der Waals surface area contributed by atoms with Crippen molar-refractivity contribution in [2.75, 3.05) is 0 Å². The minimum atomic E-state index is -0.381. The van der Waals surface area contributed by atoms with Gasteiger partial charge in [0, 0.05) is 12.3 Å². The van der Waals surface area contributed by atoms with Crippen LogP contribution in [0.3, 0.4) is 0 Å². The summed E-state index contributed by atoms with van der Waals surface area (Å²) in [4.78, 5) is 20.7. The second-order valence-electron chi connectivity index (χ2n) is 5.24. The Bertz CT molecular complexity index is 761. The molecule has 2 aromatic heterocycles. The lowest BCUT2D eigenvalue weighted by molar-refractivity contribution is 0.237. The largest absolute Gasteiger partial charge is 0.372 e. The maximum absolute atomic E-state index is 12.4. The molecule has 3 rings (SSSR count). The molecule has 1 aromatic carbocycles. The Morgan fingerprint density at radius 3 is 2.64 bits per heavy atom. The molecule has 0 aliphatic carbocycles. The van der Waals surface area contributed by atoms with Crippen LogP contribution < -0.4 is 0 Å². The number of nitrogens with zero attached hydrogens (tertiary/aromatic N) is 6. The molecular weight excluding hydrogens is 280 g/mol. The van der Waals surface area contributed by atoms with Crippen LogP contribution in [0.25, 0.3) is 0 Å². The first-order valence-electron chi connectivity index (χ1n) is 7.04. The van der Waals surface area contributed by atoms with Crippen LogP contribution in [0, 0.1) is 0 Å². The zero-order valence-corrected chi connectivity index (χ0v) is 12.4. The van der Waals surface area contributed by atoms with Gasteiger partial charge in [-0.25, -0.2) is 14.8 Å². The van der Waals surface area contributed by atoms with E-state index < -0.39 is 0 Å². The highest BCUT2D eigenvalue weighted by atomic mass is 16.2. The summed E-state index contributed by atoms with van der Waals surface area (Å²) in [5, 5.41) is 8.20. The van der Waals surface area contributed by atoms with E-state index in [9.17, 15) is 4.79 Å². The van der Waals surface area contributed by atoms with Crippen LogP contribution in [0.5, 0.6) is 0 Å². The molecule has 0 spiro atoms. The summed E-state index contributed by atoms with van der Waals surface area (Å²) < 4.78 is 2.45. The maximum Gasteiger partial charge on any atom is 0.372 e. The van der Waals surface area contributed by atoms with Gasteiger partial charge in [0.2, 0.25) is 0 Å². The molecule has 0 N–H and O–H groups in total. The van der Waals surface area contributed by atoms with Gasteiger partial charge in [-0.1, -0.05) is 44.2 Å². The van der Waals surface area contributed by atoms with Crippen LogP contribution in [0.1, 0.15) is 37.0 Å². The third kappa shape index (κ3) is 2.78. The van der Waals surface area contributed by atoms with Crippen molar-refractivity contribution in [2.45, 2.75) is 26.2 Å². The van der Waals surface area contributed by atoms with Crippen molar-refractivity contribution in [1.29, 1.82) is 0 Å². The van der Waals surface area contributed by atoms with E-state index in [0.717, 1.165) is 10.2 Å². The molecule has 0 saturated heterocycles. The lowest BCUT2D eigenvalue weighted by Crippen LogP contribution is -2.23. The van der Waals surface area contributed by atoms with Gasteiger partial charge >= 0.3 is 6.03 Å². The third-order valence-electron chi connectivity index (χ3n) is 3.19. The fourth-order valence-electron chi connectivity index (χ4n) is 2.14. The average Bonchev–Trinajstić information content (AvgIpc) is 3.17. The molecule has 3 aromatic rings. The first-order valence-corrected chi connectivity index (χ1v) is 7.04. The van der Waals surface area contributed by atoms with Crippen molar-refractivity contribution < 1.29 is 4.79 Å². The number of rotatable bonds is 3. The smallest absolute Gasteiger partial charge is 0.243 e.